The molecule has 1 aliphatic heterocycles. The van der Waals surface area contributed by atoms with E-state index in [1.807, 2.05) is 72.5 Å². The predicted molar refractivity (Wildman–Crippen MR) is 151 cm³/mol. The lowest BCUT2D eigenvalue weighted by Crippen LogP contribution is -2.48. The molecular formula is C30H33BrN2O5. The molecule has 0 saturated carbocycles. The van der Waals surface area contributed by atoms with Crippen LogP contribution in [0.5, 0.6) is 11.5 Å². The summed E-state index contributed by atoms with van der Waals surface area (Å²) in [6.07, 6.45) is 0.363. The molecule has 2 atom stereocenters. The van der Waals surface area contributed by atoms with Gasteiger partial charge in [-0.3, -0.25) is 9.69 Å². The summed E-state index contributed by atoms with van der Waals surface area (Å²) in [6, 6.07) is 20.9. The Morgan fingerprint density at radius 2 is 1.66 bits per heavy atom. The number of benzene rings is 3. The van der Waals surface area contributed by atoms with Crippen molar-refractivity contribution in [3.05, 3.63) is 87.9 Å². The lowest BCUT2D eigenvalue weighted by Gasteiger charge is -2.43. The van der Waals surface area contributed by atoms with Crippen molar-refractivity contribution in [2.24, 2.45) is 0 Å². The summed E-state index contributed by atoms with van der Waals surface area (Å²) in [6.45, 7) is 4.45. The van der Waals surface area contributed by atoms with Crippen LogP contribution < -0.4 is 14.4 Å². The second-order valence-corrected chi connectivity index (χ2v) is 10.2. The molecule has 8 heteroatoms. The van der Waals surface area contributed by atoms with Crippen LogP contribution in [0.1, 0.15) is 43.0 Å². The largest absolute Gasteiger partial charge is 0.493 e. The molecule has 0 unspecified atom stereocenters. The fraction of sp³-hybridized carbons (Fsp3) is 0.333. The Morgan fingerprint density at radius 3 is 2.32 bits per heavy atom. The van der Waals surface area contributed by atoms with E-state index >= 15 is 0 Å². The van der Waals surface area contributed by atoms with E-state index in [0.29, 0.717) is 30.2 Å². The third-order valence-electron chi connectivity index (χ3n) is 6.76. The summed E-state index contributed by atoms with van der Waals surface area (Å²) in [7, 11) is 3.14. The fourth-order valence-corrected chi connectivity index (χ4v) is 5.44. The second-order valence-electron chi connectivity index (χ2n) is 9.25. The topological polar surface area (TPSA) is 68.3 Å². The van der Waals surface area contributed by atoms with E-state index in [2.05, 4.69) is 15.9 Å². The molecule has 7 nitrogen and oxygen atoms in total. The van der Waals surface area contributed by atoms with Crippen molar-refractivity contribution in [2.45, 2.75) is 45.3 Å². The average Bonchev–Trinajstić information content (AvgIpc) is 2.91. The third-order valence-corrected chi connectivity index (χ3v) is 7.25. The summed E-state index contributed by atoms with van der Waals surface area (Å²) in [5, 5.41) is 0. The summed E-state index contributed by atoms with van der Waals surface area (Å²) in [5.41, 5.74) is 3.41. The maximum absolute atomic E-state index is 14.0. The Balaban J connectivity index is 1.82. The van der Waals surface area contributed by atoms with Gasteiger partial charge in [-0.15, -0.1) is 0 Å². The molecule has 0 saturated heterocycles. The molecule has 0 aromatic heterocycles. The number of anilines is 1. The molecule has 1 aliphatic rings. The maximum Gasteiger partial charge on any atom is 0.414 e. The first kappa shape index (κ1) is 27.5. The van der Waals surface area contributed by atoms with Crippen molar-refractivity contribution in [1.29, 1.82) is 0 Å². The SMILES string of the molecule is CCOC(=O)N1c2cc(OC)c(OC)cc2[C@H](N(Cc2ccccc2)C(=O)Cc2cccc(Br)c2)C[C@@H]1C. The van der Waals surface area contributed by atoms with Crippen LogP contribution in [0.25, 0.3) is 0 Å². The van der Waals surface area contributed by atoms with Crippen LogP contribution in [0.2, 0.25) is 0 Å². The summed E-state index contributed by atoms with van der Waals surface area (Å²) in [4.78, 5) is 30.6. The smallest absolute Gasteiger partial charge is 0.414 e. The van der Waals surface area contributed by atoms with Gasteiger partial charge in [0.15, 0.2) is 11.5 Å². The average molecular weight is 582 g/mol. The number of ether oxygens (including phenoxy) is 3. The number of fused-ring (bicyclic) bond motifs is 1. The highest BCUT2D eigenvalue weighted by Gasteiger charge is 2.39. The summed E-state index contributed by atoms with van der Waals surface area (Å²) >= 11 is 3.51. The number of rotatable bonds is 8. The quantitative estimate of drug-likeness (QED) is 0.303. The highest BCUT2D eigenvalue weighted by Crippen LogP contribution is 2.46. The van der Waals surface area contributed by atoms with E-state index in [9.17, 15) is 9.59 Å². The van der Waals surface area contributed by atoms with E-state index in [-0.39, 0.29) is 31.0 Å². The van der Waals surface area contributed by atoms with Crippen LogP contribution in [-0.4, -0.2) is 43.8 Å². The van der Waals surface area contributed by atoms with Gasteiger partial charge in [0, 0.05) is 28.7 Å². The lowest BCUT2D eigenvalue weighted by atomic mass is 9.89. The van der Waals surface area contributed by atoms with Crippen molar-refractivity contribution >= 4 is 33.6 Å². The van der Waals surface area contributed by atoms with Crippen molar-refractivity contribution < 1.29 is 23.8 Å². The summed E-state index contributed by atoms with van der Waals surface area (Å²) in [5.74, 6) is 1.03. The molecule has 0 N–H and O–H groups in total. The van der Waals surface area contributed by atoms with Crippen LogP contribution in [0, 0.1) is 0 Å². The molecule has 3 aromatic carbocycles. The number of nitrogens with zero attached hydrogens (tertiary/aromatic N) is 2. The first-order valence-electron chi connectivity index (χ1n) is 12.7. The fourth-order valence-electron chi connectivity index (χ4n) is 4.99. The Morgan fingerprint density at radius 1 is 0.974 bits per heavy atom. The first-order valence-corrected chi connectivity index (χ1v) is 13.4. The minimum atomic E-state index is -0.429. The van der Waals surface area contributed by atoms with Crippen molar-refractivity contribution in [3.63, 3.8) is 0 Å². The van der Waals surface area contributed by atoms with E-state index in [1.54, 1.807) is 32.1 Å². The molecule has 2 amide bonds. The number of amides is 2. The Labute approximate surface area is 232 Å². The molecule has 0 aliphatic carbocycles. The molecule has 1 heterocycles. The monoisotopic (exact) mass is 580 g/mol. The molecule has 0 spiro atoms. The van der Waals surface area contributed by atoms with Gasteiger partial charge in [-0.1, -0.05) is 58.4 Å². The standard InChI is InChI=1S/C30H33BrN2O5/c1-5-38-30(35)33-20(2)14-25(24-17-27(36-3)28(37-4)18-26(24)33)32(19-21-10-7-6-8-11-21)29(34)16-22-12-9-13-23(31)15-22/h6-13,15,17-18,20,25H,5,14,16,19H2,1-4H3/t20-,25+/m0/s1. The minimum absolute atomic E-state index is 0.00512. The van der Waals surface area contributed by atoms with Crippen LogP contribution in [0.3, 0.4) is 0 Å². The molecule has 4 rings (SSSR count). The zero-order chi connectivity index (χ0) is 27.2. The van der Waals surface area contributed by atoms with Gasteiger partial charge < -0.3 is 19.1 Å². The van der Waals surface area contributed by atoms with Gasteiger partial charge in [0.25, 0.3) is 0 Å². The minimum Gasteiger partial charge on any atom is -0.493 e. The van der Waals surface area contributed by atoms with Crippen LogP contribution in [0.15, 0.2) is 71.2 Å². The molecule has 0 fully saturated rings. The number of carbonyl (C=O) groups is 2. The van der Waals surface area contributed by atoms with Crippen LogP contribution in [0.4, 0.5) is 10.5 Å². The van der Waals surface area contributed by atoms with Crippen LogP contribution >= 0.6 is 15.9 Å². The molecular weight excluding hydrogens is 548 g/mol. The maximum atomic E-state index is 14.0. The normalized spacial score (nSPS) is 16.4. The van der Waals surface area contributed by atoms with E-state index < -0.39 is 6.09 Å². The molecule has 0 bridgehead atoms. The molecule has 38 heavy (non-hydrogen) atoms. The zero-order valence-corrected chi connectivity index (χ0v) is 23.7. The van der Waals surface area contributed by atoms with E-state index in [4.69, 9.17) is 14.2 Å². The Kier molecular flexibility index (Phi) is 8.94. The number of methoxy groups -OCH3 is 2. The molecule has 0 radical (unpaired) electrons. The predicted octanol–water partition coefficient (Wildman–Crippen LogP) is 6.53. The number of hydrogen-bond acceptors (Lipinski definition) is 5. The van der Waals surface area contributed by atoms with Gasteiger partial charge in [-0.05, 0) is 49.6 Å². The third kappa shape index (κ3) is 5.96. The van der Waals surface area contributed by atoms with Crippen molar-refractivity contribution in [3.8, 4) is 11.5 Å². The zero-order valence-electron chi connectivity index (χ0n) is 22.1. The molecule has 3 aromatic rings. The van der Waals surface area contributed by atoms with E-state index in [1.165, 1.54) is 0 Å². The number of halogens is 1. The van der Waals surface area contributed by atoms with Gasteiger partial charge >= 0.3 is 6.09 Å². The van der Waals surface area contributed by atoms with Gasteiger partial charge in [0.1, 0.15) is 0 Å². The van der Waals surface area contributed by atoms with E-state index in [0.717, 1.165) is 21.2 Å². The van der Waals surface area contributed by atoms with Gasteiger partial charge in [-0.2, -0.15) is 0 Å². The Hall–Kier alpha value is -3.52. The van der Waals surface area contributed by atoms with Gasteiger partial charge in [0.2, 0.25) is 5.91 Å². The number of hydrogen-bond donors (Lipinski definition) is 0. The van der Waals surface area contributed by atoms with Crippen molar-refractivity contribution in [1.82, 2.24) is 4.90 Å². The highest BCUT2D eigenvalue weighted by atomic mass is 79.9. The van der Waals surface area contributed by atoms with Gasteiger partial charge in [-0.25, -0.2) is 4.79 Å². The van der Waals surface area contributed by atoms with Gasteiger partial charge in [0.05, 0.1) is 39.0 Å². The second kappa shape index (κ2) is 12.3. The Bertz CT molecular complexity index is 1280. The highest BCUT2D eigenvalue weighted by molar-refractivity contribution is 9.10. The summed E-state index contributed by atoms with van der Waals surface area (Å²) < 4.78 is 17.5. The molecule has 200 valence electrons. The first-order chi connectivity index (χ1) is 18.4. The van der Waals surface area contributed by atoms with Crippen molar-refractivity contribution in [2.75, 3.05) is 25.7 Å². The number of carbonyl (C=O) groups excluding carboxylic acids is 2. The lowest BCUT2D eigenvalue weighted by molar-refractivity contribution is -0.134. The van der Waals surface area contributed by atoms with Crippen LogP contribution in [-0.2, 0) is 22.5 Å².